The Morgan fingerprint density at radius 1 is 1.02 bits per heavy atom. The number of aromatic nitrogens is 2. The van der Waals surface area contributed by atoms with E-state index in [1.54, 1.807) is 33.1 Å². The number of carbonyl (C=O) groups excluding carboxylic acids is 1. The molecule has 1 aliphatic carbocycles. The lowest BCUT2D eigenvalue weighted by Crippen LogP contribution is -2.27. The third-order valence-corrected chi connectivity index (χ3v) is 7.52. The lowest BCUT2D eigenvalue weighted by atomic mass is 9.76. The van der Waals surface area contributed by atoms with Crippen molar-refractivity contribution < 1.29 is 23.8 Å². The minimum Gasteiger partial charge on any atom is -0.493 e. The Balaban J connectivity index is 0.000000868. The zero-order valence-electron chi connectivity index (χ0n) is 25.3. The zero-order chi connectivity index (χ0) is 30.7. The molecular weight excluding hydrogens is 545 g/mol. The van der Waals surface area contributed by atoms with Crippen molar-refractivity contribution in [3.8, 4) is 17.2 Å². The third kappa shape index (κ3) is 6.49. The summed E-state index contributed by atoms with van der Waals surface area (Å²) in [5, 5.41) is 16.6. The van der Waals surface area contributed by atoms with Crippen LogP contribution in [0.1, 0.15) is 67.0 Å². The topological polar surface area (TPSA) is 85.6 Å². The van der Waals surface area contributed by atoms with Gasteiger partial charge in [-0.2, -0.15) is 5.10 Å². The summed E-state index contributed by atoms with van der Waals surface area (Å²) in [6.07, 6.45) is 2.00. The molecule has 224 valence electrons. The Kier molecular flexibility index (Phi) is 8.97. The molecule has 8 heteroatoms. The van der Waals surface area contributed by atoms with E-state index >= 15 is 0 Å². The van der Waals surface area contributed by atoms with Crippen LogP contribution in [0.3, 0.4) is 0 Å². The van der Waals surface area contributed by atoms with Crippen molar-refractivity contribution in [2.24, 2.45) is 0 Å². The number of nitrogens with zero attached hydrogens (tertiary/aromatic N) is 2. The second-order valence-corrected chi connectivity index (χ2v) is 11.2. The number of carbonyl (C=O) groups is 1. The Hall–Kier alpha value is -4.43. The lowest BCUT2D eigenvalue weighted by Gasteiger charge is -2.33. The smallest absolute Gasteiger partial charge is 0.161 e. The molecule has 1 aromatic heterocycles. The molecule has 2 heterocycles. The fourth-order valence-corrected chi connectivity index (χ4v) is 5.55. The molecule has 0 fully saturated rings. The van der Waals surface area contributed by atoms with Gasteiger partial charge in [-0.15, -0.1) is 0 Å². The van der Waals surface area contributed by atoms with Crippen LogP contribution in [-0.2, 0) is 11.4 Å². The maximum atomic E-state index is 13.3. The lowest BCUT2D eigenvalue weighted by molar-refractivity contribution is -0.116. The van der Waals surface area contributed by atoms with Crippen molar-refractivity contribution in [2.75, 3.05) is 12.4 Å². The van der Waals surface area contributed by atoms with Gasteiger partial charge >= 0.3 is 0 Å². The van der Waals surface area contributed by atoms with Gasteiger partial charge in [0.1, 0.15) is 18.2 Å². The van der Waals surface area contributed by atoms with Gasteiger partial charge in [0.25, 0.3) is 0 Å². The van der Waals surface area contributed by atoms with Gasteiger partial charge < -0.3 is 19.9 Å². The second-order valence-electron chi connectivity index (χ2n) is 11.2. The van der Waals surface area contributed by atoms with Crippen molar-refractivity contribution in [1.82, 2.24) is 9.78 Å². The number of benzene rings is 3. The molecule has 1 atom stereocenters. The van der Waals surface area contributed by atoms with Crippen molar-refractivity contribution in [2.45, 2.75) is 65.6 Å². The number of Topliss-reactive ketones (excluding diaryl/α,β-unsaturated/α-hetero) is 1. The normalized spacial score (nSPS) is 15.7. The van der Waals surface area contributed by atoms with Crippen LogP contribution in [0.15, 0.2) is 78.0 Å². The number of methoxy groups -OCH3 is 1. The van der Waals surface area contributed by atoms with E-state index in [0.717, 1.165) is 58.0 Å². The number of hydrogen-bond acceptors (Lipinski definition) is 6. The van der Waals surface area contributed by atoms with E-state index in [0.29, 0.717) is 17.9 Å². The SMILES string of the molecule is CC(C)O.COc1cc(C2C3=C(CCCC3=O)Nc3c2c(C)nn3-c2ccc(C)cc2)ccc1OCc1ccc(F)cc1. The third-order valence-electron chi connectivity index (χ3n) is 7.52. The number of aliphatic hydroxyl groups is 1. The summed E-state index contributed by atoms with van der Waals surface area (Å²) in [6.45, 7) is 7.78. The predicted molar refractivity (Wildman–Crippen MR) is 165 cm³/mol. The molecule has 2 N–H and O–H groups in total. The Labute approximate surface area is 252 Å². The van der Waals surface area contributed by atoms with Crippen molar-refractivity contribution in [3.05, 3.63) is 112 Å². The molecule has 7 nitrogen and oxygen atoms in total. The summed E-state index contributed by atoms with van der Waals surface area (Å²) >= 11 is 0. The number of allylic oxidation sites excluding steroid dienone is 2. The number of ketones is 1. The molecule has 2 aliphatic rings. The van der Waals surface area contributed by atoms with E-state index in [4.69, 9.17) is 19.7 Å². The molecule has 0 amide bonds. The molecule has 0 spiro atoms. The van der Waals surface area contributed by atoms with E-state index < -0.39 is 0 Å². The first-order valence-electron chi connectivity index (χ1n) is 14.6. The molecule has 4 aromatic rings. The van der Waals surface area contributed by atoms with Crippen LogP contribution in [0, 0.1) is 19.7 Å². The van der Waals surface area contributed by atoms with Crippen LogP contribution < -0.4 is 14.8 Å². The maximum absolute atomic E-state index is 13.3. The molecule has 0 radical (unpaired) electrons. The maximum Gasteiger partial charge on any atom is 0.161 e. The van der Waals surface area contributed by atoms with Gasteiger partial charge in [0.15, 0.2) is 17.3 Å². The average molecular weight is 584 g/mol. The highest BCUT2D eigenvalue weighted by molar-refractivity contribution is 6.01. The van der Waals surface area contributed by atoms with Crippen molar-refractivity contribution in [3.63, 3.8) is 0 Å². The van der Waals surface area contributed by atoms with Gasteiger partial charge in [-0.1, -0.05) is 35.9 Å². The summed E-state index contributed by atoms with van der Waals surface area (Å²) in [5.74, 6) is 1.65. The molecule has 0 bridgehead atoms. The molecule has 1 unspecified atom stereocenters. The second kappa shape index (κ2) is 12.8. The number of ether oxygens (including phenoxy) is 2. The van der Waals surface area contributed by atoms with Crippen LogP contribution in [0.25, 0.3) is 5.69 Å². The summed E-state index contributed by atoms with van der Waals surface area (Å²) in [7, 11) is 1.61. The zero-order valence-corrected chi connectivity index (χ0v) is 25.3. The summed E-state index contributed by atoms with van der Waals surface area (Å²) < 4.78 is 27.0. The van der Waals surface area contributed by atoms with Gasteiger partial charge in [0.2, 0.25) is 0 Å². The van der Waals surface area contributed by atoms with E-state index in [-0.39, 0.29) is 30.2 Å². The quantitative estimate of drug-likeness (QED) is 0.250. The van der Waals surface area contributed by atoms with Crippen LogP contribution in [0.2, 0.25) is 0 Å². The molecule has 6 rings (SSSR count). The molecular formula is C35H38FN3O4. The van der Waals surface area contributed by atoms with Gasteiger partial charge in [-0.25, -0.2) is 9.07 Å². The van der Waals surface area contributed by atoms with E-state index in [2.05, 4.69) is 36.5 Å². The fraction of sp³-hybridized carbons (Fsp3) is 0.314. The minimum atomic E-state index is -0.283. The van der Waals surface area contributed by atoms with Crippen LogP contribution in [0.5, 0.6) is 11.5 Å². The van der Waals surface area contributed by atoms with Gasteiger partial charge in [-0.3, -0.25) is 4.79 Å². The van der Waals surface area contributed by atoms with Crippen LogP contribution in [-0.4, -0.2) is 33.9 Å². The number of rotatable bonds is 6. The van der Waals surface area contributed by atoms with E-state index in [1.807, 2.05) is 29.8 Å². The molecule has 43 heavy (non-hydrogen) atoms. The number of aryl methyl sites for hydroxylation is 2. The van der Waals surface area contributed by atoms with E-state index in [1.165, 1.54) is 17.7 Å². The first-order valence-corrected chi connectivity index (χ1v) is 14.6. The predicted octanol–water partition coefficient (Wildman–Crippen LogP) is 7.17. The first kappa shape index (κ1) is 30.0. The van der Waals surface area contributed by atoms with Gasteiger partial charge in [-0.05, 0) is 88.1 Å². The molecule has 0 saturated heterocycles. The Morgan fingerprint density at radius 3 is 2.40 bits per heavy atom. The van der Waals surface area contributed by atoms with Crippen molar-refractivity contribution >= 4 is 11.6 Å². The standard InChI is InChI=1S/C32H30FN3O3.C3H8O/c1-19-7-14-24(15-8-19)36-32-29(20(2)35-36)30(31-25(34-32)5-4-6-26(31)37)22-11-16-27(28(17-22)38-3)39-18-21-9-12-23(33)13-10-21;1-3(2)4/h7-17,30,34H,4-6,18H2,1-3H3;3-4H,1-2H3. The highest BCUT2D eigenvalue weighted by Crippen LogP contribution is 2.48. The minimum absolute atomic E-state index is 0.164. The van der Waals surface area contributed by atoms with Gasteiger partial charge in [0.05, 0.1) is 18.5 Å². The number of aliphatic hydroxyl groups excluding tert-OH is 1. The summed E-state index contributed by atoms with van der Waals surface area (Å²) in [4.78, 5) is 13.3. The monoisotopic (exact) mass is 583 g/mol. The summed E-state index contributed by atoms with van der Waals surface area (Å²) in [6, 6.07) is 20.3. The van der Waals surface area contributed by atoms with E-state index in [9.17, 15) is 9.18 Å². The highest BCUT2D eigenvalue weighted by atomic mass is 19.1. The average Bonchev–Trinajstić information content (AvgIpc) is 3.31. The summed E-state index contributed by atoms with van der Waals surface area (Å²) in [5.41, 5.74) is 7.57. The van der Waals surface area contributed by atoms with Crippen LogP contribution in [0.4, 0.5) is 10.2 Å². The van der Waals surface area contributed by atoms with Crippen LogP contribution >= 0.6 is 0 Å². The van der Waals surface area contributed by atoms with Gasteiger partial charge in [0, 0.05) is 35.3 Å². The molecule has 3 aromatic carbocycles. The van der Waals surface area contributed by atoms with Crippen molar-refractivity contribution in [1.29, 1.82) is 0 Å². The molecule has 1 aliphatic heterocycles. The number of hydrogen-bond donors (Lipinski definition) is 2. The number of fused-ring (bicyclic) bond motifs is 1. The molecule has 0 saturated carbocycles. The Bertz CT molecular complexity index is 1640. The largest absolute Gasteiger partial charge is 0.493 e. The fourth-order valence-electron chi connectivity index (χ4n) is 5.55. The Morgan fingerprint density at radius 2 is 1.72 bits per heavy atom. The number of nitrogens with one attached hydrogen (secondary N) is 1. The number of anilines is 1. The highest BCUT2D eigenvalue weighted by Gasteiger charge is 2.39. The number of halogens is 1. The first-order chi connectivity index (χ1) is 20.7.